The zero-order valence-electron chi connectivity index (χ0n) is 28.3. The number of halogens is 1. The van der Waals surface area contributed by atoms with Crippen LogP contribution in [-0.4, -0.2) is 67.0 Å². The number of allylic oxidation sites excluding steroid dienone is 4. The summed E-state index contributed by atoms with van der Waals surface area (Å²) >= 11 is 6.46. The molecule has 12 heteroatoms. The molecule has 1 fully saturated rings. The van der Waals surface area contributed by atoms with Gasteiger partial charge in [-0.1, -0.05) is 61.4 Å². The van der Waals surface area contributed by atoms with Crippen molar-refractivity contribution in [2.24, 2.45) is 29.1 Å². The molecule has 1 aromatic carbocycles. The van der Waals surface area contributed by atoms with Crippen LogP contribution in [0.2, 0.25) is 0 Å². The number of carbonyl (C=O) groups is 1. The number of rotatable bonds is 3. The van der Waals surface area contributed by atoms with E-state index in [1.807, 2.05) is 36.0 Å². The summed E-state index contributed by atoms with van der Waals surface area (Å²) in [5.41, 5.74) is 0.165. The van der Waals surface area contributed by atoms with E-state index in [9.17, 15) is 13.2 Å². The molecule has 2 aliphatic heterocycles. The first kappa shape index (κ1) is 34.7. The monoisotopic (exact) mass is 697 g/mol. The van der Waals surface area contributed by atoms with Crippen LogP contribution >= 0.6 is 11.6 Å². The minimum Gasteiger partial charge on any atom is -0.490 e. The molecule has 1 N–H and O–H groups in total. The van der Waals surface area contributed by atoms with Crippen LogP contribution in [0.4, 0.5) is 5.69 Å². The number of hydrogen-bond acceptors (Lipinski definition) is 8. The van der Waals surface area contributed by atoms with Gasteiger partial charge in [-0.25, -0.2) is 17.8 Å². The molecule has 2 aromatic rings. The molecule has 0 spiro atoms. The molecule has 2 bridgehead atoms. The van der Waals surface area contributed by atoms with E-state index in [-0.39, 0.29) is 28.7 Å². The largest absolute Gasteiger partial charge is 0.490 e. The van der Waals surface area contributed by atoms with Crippen molar-refractivity contribution in [3.8, 4) is 5.75 Å². The van der Waals surface area contributed by atoms with Crippen molar-refractivity contribution in [3.63, 3.8) is 0 Å². The molecular weight excluding hydrogens is 650 g/mol. The Kier molecular flexibility index (Phi) is 10.1. The van der Waals surface area contributed by atoms with Gasteiger partial charge in [0.1, 0.15) is 11.4 Å². The number of methoxy groups -OCH3 is 1. The molecule has 1 amide bonds. The Bertz CT molecular complexity index is 1680. The lowest BCUT2D eigenvalue weighted by Gasteiger charge is -2.49. The second kappa shape index (κ2) is 14.0. The number of carbonyl (C=O) groups excluding carboxylic acids is 1. The van der Waals surface area contributed by atoms with Gasteiger partial charge in [0.05, 0.1) is 30.3 Å². The fourth-order valence-electron chi connectivity index (χ4n) is 7.76. The van der Waals surface area contributed by atoms with Gasteiger partial charge >= 0.3 is 0 Å². The van der Waals surface area contributed by atoms with Gasteiger partial charge in [-0.15, -0.1) is 5.10 Å². The standard InChI is InChI=1S/C36H48ClN5O5S/c1-25-8-7-15-36(46-4,23-42-19-17-38-40-42)31-12-10-28(31)22-41-18-6-5-9-29-21-30(37)14-16-35(29,3)24-47-33-13-11-27(20-32(33)41)34(43)39-48(44,45)26(25)2/h7,11,13-17,19-21,25-26,28-29,31H,5-6,8-10,12,18,22-24H2,1-4H3,(H,39,43)/b15-7+/t25-,26+,28-,29?,31+,35?,36-/m0/s1. The van der Waals surface area contributed by atoms with Crippen molar-refractivity contribution in [2.45, 2.75) is 76.7 Å². The molecule has 1 aromatic heterocycles. The fraction of sp³-hybridized carbons (Fsp3) is 0.583. The lowest BCUT2D eigenvalue weighted by atomic mass is 9.64. The Labute approximate surface area is 289 Å². The predicted molar refractivity (Wildman–Crippen MR) is 187 cm³/mol. The van der Waals surface area contributed by atoms with Crippen LogP contribution in [0.5, 0.6) is 5.75 Å². The average Bonchev–Trinajstić information content (AvgIpc) is 3.55. The number of ether oxygens (including phenoxy) is 2. The predicted octanol–water partition coefficient (Wildman–Crippen LogP) is 6.12. The number of aromatic nitrogens is 3. The summed E-state index contributed by atoms with van der Waals surface area (Å²) in [6.07, 6.45) is 19.4. The Morgan fingerprint density at radius 2 is 2.00 bits per heavy atom. The van der Waals surface area contributed by atoms with Crippen molar-refractivity contribution in [1.82, 2.24) is 19.7 Å². The first-order chi connectivity index (χ1) is 22.9. The summed E-state index contributed by atoms with van der Waals surface area (Å²) < 4.78 is 44.2. The number of amides is 1. The minimum atomic E-state index is -3.96. The summed E-state index contributed by atoms with van der Waals surface area (Å²) in [6, 6.07) is 5.28. The summed E-state index contributed by atoms with van der Waals surface area (Å²) in [6.45, 7) is 8.17. The first-order valence-corrected chi connectivity index (χ1v) is 19.1. The van der Waals surface area contributed by atoms with Crippen LogP contribution in [0, 0.1) is 29.1 Å². The molecule has 4 aliphatic rings. The zero-order chi connectivity index (χ0) is 34.1. The first-order valence-electron chi connectivity index (χ1n) is 17.1. The van der Waals surface area contributed by atoms with E-state index in [1.165, 1.54) is 0 Å². The smallest absolute Gasteiger partial charge is 0.264 e. The third-order valence-electron chi connectivity index (χ3n) is 11.3. The fourth-order valence-corrected chi connectivity index (χ4v) is 9.26. The Hall–Kier alpha value is -3.15. The van der Waals surface area contributed by atoms with E-state index in [0.717, 1.165) is 55.9 Å². The average molecular weight is 698 g/mol. The Balaban J connectivity index is 1.42. The number of fused-ring (bicyclic) bond motifs is 3. The number of sulfonamides is 1. The zero-order valence-corrected chi connectivity index (χ0v) is 29.9. The highest BCUT2D eigenvalue weighted by Gasteiger charge is 2.48. The lowest BCUT2D eigenvalue weighted by molar-refractivity contribution is -0.0868. The summed E-state index contributed by atoms with van der Waals surface area (Å²) in [5, 5.41) is 8.26. The number of hydrogen-bond donors (Lipinski definition) is 1. The molecular formula is C36H48ClN5O5S. The quantitative estimate of drug-likeness (QED) is 0.382. The summed E-state index contributed by atoms with van der Waals surface area (Å²) in [5.74, 6) is 0.496. The van der Waals surface area contributed by atoms with Gasteiger partial charge in [-0.3, -0.25) is 4.79 Å². The molecule has 2 aliphatic carbocycles. The van der Waals surface area contributed by atoms with Gasteiger partial charge in [0.15, 0.2) is 0 Å². The summed E-state index contributed by atoms with van der Waals surface area (Å²) in [4.78, 5) is 15.9. The molecule has 260 valence electrons. The molecule has 0 saturated heterocycles. The molecule has 2 unspecified atom stereocenters. The normalized spacial score (nSPS) is 34.6. The molecule has 3 heterocycles. The highest BCUT2D eigenvalue weighted by molar-refractivity contribution is 7.90. The number of nitrogens with one attached hydrogen (secondary N) is 1. The van der Waals surface area contributed by atoms with Crippen molar-refractivity contribution in [2.75, 3.05) is 31.7 Å². The van der Waals surface area contributed by atoms with Crippen molar-refractivity contribution in [1.29, 1.82) is 0 Å². The third-order valence-corrected chi connectivity index (χ3v) is 13.5. The minimum absolute atomic E-state index is 0.181. The SMILES string of the molecule is CO[C@]1(Cn2ccnn2)/C=C/C[C@H](C)[C@@H](C)S(=O)(=O)NC(=O)c2ccc3c(c2)N(CCCCC2C=C(Cl)C=CC2(C)CO3)C[C@@H]2CC[C@H]21. The molecule has 48 heavy (non-hydrogen) atoms. The molecule has 1 saturated carbocycles. The van der Waals surface area contributed by atoms with Gasteiger partial charge in [0, 0.05) is 42.4 Å². The second-order valence-electron chi connectivity index (χ2n) is 14.4. The van der Waals surface area contributed by atoms with Crippen LogP contribution in [0.25, 0.3) is 0 Å². The Morgan fingerprint density at radius 1 is 1.17 bits per heavy atom. The van der Waals surface area contributed by atoms with E-state index in [0.29, 0.717) is 31.2 Å². The molecule has 7 atom stereocenters. The number of anilines is 1. The van der Waals surface area contributed by atoms with Crippen molar-refractivity contribution < 1.29 is 22.7 Å². The van der Waals surface area contributed by atoms with Gasteiger partial charge < -0.3 is 14.4 Å². The maximum absolute atomic E-state index is 13.5. The van der Waals surface area contributed by atoms with E-state index >= 15 is 0 Å². The maximum atomic E-state index is 13.5. The highest BCUT2D eigenvalue weighted by atomic mass is 35.5. The van der Waals surface area contributed by atoms with Crippen molar-refractivity contribution >= 4 is 33.2 Å². The van der Waals surface area contributed by atoms with Crippen LogP contribution in [0.3, 0.4) is 0 Å². The van der Waals surface area contributed by atoms with Gasteiger partial charge in [-0.2, -0.15) is 0 Å². The maximum Gasteiger partial charge on any atom is 0.264 e. The van der Waals surface area contributed by atoms with E-state index in [4.69, 9.17) is 21.1 Å². The van der Waals surface area contributed by atoms with Gasteiger partial charge in [0.25, 0.3) is 5.91 Å². The lowest BCUT2D eigenvalue weighted by Crippen LogP contribution is -2.53. The molecule has 0 radical (unpaired) electrons. The molecule has 10 nitrogen and oxygen atoms in total. The third kappa shape index (κ3) is 7.09. The van der Waals surface area contributed by atoms with Gasteiger partial charge in [-0.05, 0) is 87.0 Å². The van der Waals surface area contributed by atoms with Gasteiger partial charge in [0.2, 0.25) is 10.0 Å². The van der Waals surface area contributed by atoms with Crippen LogP contribution < -0.4 is 14.4 Å². The molecule has 6 rings (SSSR count). The van der Waals surface area contributed by atoms with Crippen LogP contribution in [0.15, 0.2) is 66.0 Å². The van der Waals surface area contributed by atoms with Crippen LogP contribution in [0.1, 0.15) is 69.7 Å². The van der Waals surface area contributed by atoms with Crippen LogP contribution in [-0.2, 0) is 21.3 Å². The second-order valence-corrected chi connectivity index (χ2v) is 16.9. The van der Waals surface area contributed by atoms with E-state index < -0.39 is 26.8 Å². The Morgan fingerprint density at radius 3 is 2.73 bits per heavy atom. The topological polar surface area (TPSA) is 116 Å². The highest BCUT2D eigenvalue weighted by Crippen LogP contribution is 2.47. The summed E-state index contributed by atoms with van der Waals surface area (Å²) in [7, 11) is -2.22. The number of nitrogens with zero attached hydrogens (tertiary/aromatic N) is 4. The van der Waals surface area contributed by atoms with E-state index in [1.54, 1.807) is 32.4 Å². The van der Waals surface area contributed by atoms with Crippen molar-refractivity contribution in [3.05, 3.63) is 71.6 Å². The number of benzene rings is 1. The van der Waals surface area contributed by atoms with E-state index in [2.05, 4.69) is 45.1 Å².